The monoisotopic (exact) mass is 260 g/mol. The van der Waals surface area contributed by atoms with Crippen molar-refractivity contribution in [1.82, 2.24) is 4.90 Å². The highest BCUT2D eigenvalue weighted by Gasteiger charge is 2.29. The molecule has 0 bridgehead atoms. The van der Waals surface area contributed by atoms with E-state index in [0.29, 0.717) is 18.6 Å². The van der Waals surface area contributed by atoms with E-state index in [9.17, 15) is 0 Å². The number of rotatable bonds is 3. The third-order valence-electron chi connectivity index (χ3n) is 4.80. The SMILES string of the molecule is Cc1cccc(C(CN)N2CC(C)CCC2C)c1C. The Labute approximate surface area is 118 Å². The van der Waals surface area contributed by atoms with Crippen LogP contribution in [-0.4, -0.2) is 24.0 Å². The minimum atomic E-state index is 0.373. The molecule has 1 aliphatic heterocycles. The molecule has 19 heavy (non-hydrogen) atoms. The van der Waals surface area contributed by atoms with E-state index in [0.717, 1.165) is 5.92 Å². The molecule has 1 heterocycles. The fraction of sp³-hybridized carbons (Fsp3) is 0.647. The van der Waals surface area contributed by atoms with Gasteiger partial charge in [-0.3, -0.25) is 4.90 Å². The van der Waals surface area contributed by atoms with E-state index in [1.54, 1.807) is 0 Å². The van der Waals surface area contributed by atoms with Gasteiger partial charge in [0.2, 0.25) is 0 Å². The highest BCUT2D eigenvalue weighted by molar-refractivity contribution is 5.35. The van der Waals surface area contributed by atoms with Crippen LogP contribution in [0.3, 0.4) is 0 Å². The molecular weight excluding hydrogens is 232 g/mol. The quantitative estimate of drug-likeness (QED) is 0.902. The Morgan fingerprint density at radius 2 is 2.00 bits per heavy atom. The lowest BCUT2D eigenvalue weighted by Crippen LogP contribution is -2.45. The topological polar surface area (TPSA) is 29.3 Å². The minimum absolute atomic E-state index is 0.373. The van der Waals surface area contributed by atoms with Crippen LogP contribution in [0.2, 0.25) is 0 Å². The number of aryl methyl sites for hydroxylation is 1. The second kappa shape index (κ2) is 6.06. The van der Waals surface area contributed by atoms with Gasteiger partial charge in [0, 0.05) is 25.2 Å². The summed E-state index contributed by atoms with van der Waals surface area (Å²) >= 11 is 0. The predicted octanol–water partition coefficient (Wildman–Crippen LogP) is 3.42. The summed E-state index contributed by atoms with van der Waals surface area (Å²) < 4.78 is 0. The number of hydrogen-bond donors (Lipinski definition) is 1. The van der Waals surface area contributed by atoms with Gasteiger partial charge in [0.25, 0.3) is 0 Å². The van der Waals surface area contributed by atoms with Gasteiger partial charge < -0.3 is 5.73 Å². The van der Waals surface area contributed by atoms with Crippen molar-refractivity contribution in [1.29, 1.82) is 0 Å². The van der Waals surface area contributed by atoms with E-state index in [1.165, 1.54) is 36.1 Å². The van der Waals surface area contributed by atoms with Crippen molar-refractivity contribution >= 4 is 0 Å². The molecule has 0 saturated carbocycles. The summed E-state index contributed by atoms with van der Waals surface area (Å²) in [5, 5.41) is 0. The number of benzene rings is 1. The molecule has 1 saturated heterocycles. The van der Waals surface area contributed by atoms with Crippen LogP contribution in [0.15, 0.2) is 18.2 Å². The third kappa shape index (κ3) is 3.01. The number of nitrogens with two attached hydrogens (primary N) is 1. The zero-order chi connectivity index (χ0) is 14.0. The van der Waals surface area contributed by atoms with Crippen LogP contribution in [0.4, 0.5) is 0 Å². The molecular formula is C17H28N2. The van der Waals surface area contributed by atoms with Gasteiger partial charge in [-0.25, -0.2) is 0 Å². The van der Waals surface area contributed by atoms with Gasteiger partial charge in [-0.2, -0.15) is 0 Å². The summed E-state index contributed by atoms with van der Waals surface area (Å²) in [6, 6.07) is 7.63. The number of nitrogens with zero attached hydrogens (tertiary/aromatic N) is 1. The van der Waals surface area contributed by atoms with Crippen molar-refractivity contribution in [3.8, 4) is 0 Å². The number of hydrogen-bond acceptors (Lipinski definition) is 2. The molecule has 0 spiro atoms. The molecule has 0 radical (unpaired) electrons. The molecule has 1 aromatic rings. The third-order valence-corrected chi connectivity index (χ3v) is 4.80. The van der Waals surface area contributed by atoms with Gasteiger partial charge in [-0.1, -0.05) is 25.1 Å². The summed E-state index contributed by atoms with van der Waals surface area (Å²) in [6.45, 7) is 11.0. The standard InChI is InChI=1S/C17H28N2/c1-12-8-9-14(3)19(11-12)17(10-18)16-7-5-6-13(2)15(16)4/h5-7,12,14,17H,8-11,18H2,1-4H3. The van der Waals surface area contributed by atoms with Crippen molar-refractivity contribution in [3.05, 3.63) is 34.9 Å². The van der Waals surface area contributed by atoms with E-state index in [-0.39, 0.29) is 0 Å². The Morgan fingerprint density at radius 1 is 1.26 bits per heavy atom. The van der Waals surface area contributed by atoms with E-state index in [2.05, 4.69) is 50.8 Å². The van der Waals surface area contributed by atoms with Gasteiger partial charge in [0.1, 0.15) is 0 Å². The average Bonchev–Trinajstić information content (AvgIpc) is 2.39. The van der Waals surface area contributed by atoms with E-state index in [4.69, 9.17) is 5.73 Å². The Kier molecular flexibility index (Phi) is 4.64. The summed E-state index contributed by atoms with van der Waals surface area (Å²) in [5.41, 5.74) is 10.3. The maximum atomic E-state index is 6.12. The zero-order valence-corrected chi connectivity index (χ0v) is 12.8. The Morgan fingerprint density at radius 3 is 2.68 bits per heavy atom. The molecule has 2 nitrogen and oxygen atoms in total. The number of piperidine rings is 1. The van der Waals surface area contributed by atoms with Crippen LogP contribution < -0.4 is 5.73 Å². The second-order valence-corrected chi connectivity index (χ2v) is 6.27. The first-order valence-electron chi connectivity index (χ1n) is 7.56. The molecule has 2 heteroatoms. The first kappa shape index (κ1) is 14.5. The summed E-state index contributed by atoms with van der Waals surface area (Å²) in [7, 11) is 0. The zero-order valence-electron chi connectivity index (χ0n) is 12.8. The normalized spacial score (nSPS) is 26.4. The average molecular weight is 260 g/mol. The molecule has 0 aliphatic carbocycles. The molecule has 106 valence electrons. The Balaban J connectivity index is 2.30. The fourth-order valence-corrected chi connectivity index (χ4v) is 3.33. The van der Waals surface area contributed by atoms with Crippen molar-refractivity contribution in [2.24, 2.45) is 11.7 Å². The Hall–Kier alpha value is -0.860. The smallest absolute Gasteiger partial charge is 0.0476 e. The molecule has 1 aromatic carbocycles. The molecule has 2 rings (SSSR count). The van der Waals surface area contributed by atoms with E-state index < -0.39 is 0 Å². The maximum absolute atomic E-state index is 6.12. The van der Waals surface area contributed by atoms with Gasteiger partial charge in [-0.15, -0.1) is 0 Å². The predicted molar refractivity (Wildman–Crippen MR) is 82.3 cm³/mol. The van der Waals surface area contributed by atoms with Gasteiger partial charge in [0.05, 0.1) is 0 Å². The molecule has 0 aromatic heterocycles. The second-order valence-electron chi connectivity index (χ2n) is 6.27. The summed E-state index contributed by atoms with van der Waals surface area (Å²) in [4.78, 5) is 2.62. The lowest BCUT2D eigenvalue weighted by molar-refractivity contribution is 0.0795. The van der Waals surface area contributed by atoms with Crippen LogP contribution in [0, 0.1) is 19.8 Å². The molecule has 3 unspecified atom stereocenters. The first-order valence-corrected chi connectivity index (χ1v) is 7.56. The van der Waals surface area contributed by atoms with Gasteiger partial charge in [-0.05, 0) is 56.2 Å². The largest absolute Gasteiger partial charge is 0.329 e. The van der Waals surface area contributed by atoms with Crippen LogP contribution in [-0.2, 0) is 0 Å². The molecule has 3 atom stereocenters. The molecule has 1 fully saturated rings. The van der Waals surface area contributed by atoms with Crippen molar-refractivity contribution in [3.63, 3.8) is 0 Å². The number of likely N-dealkylation sites (tertiary alicyclic amines) is 1. The first-order chi connectivity index (χ1) is 9.04. The molecule has 1 aliphatic rings. The lowest BCUT2D eigenvalue weighted by Gasteiger charge is -2.42. The lowest BCUT2D eigenvalue weighted by atomic mass is 9.89. The Bertz CT molecular complexity index is 427. The van der Waals surface area contributed by atoms with Crippen LogP contribution >= 0.6 is 0 Å². The van der Waals surface area contributed by atoms with E-state index in [1.807, 2.05) is 0 Å². The minimum Gasteiger partial charge on any atom is -0.329 e. The fourth-order valence-electron chi connectivity index (χ4n) is 3.33. The highest BCUT2D eigenvalue weighted by atomic mass is 15.2. The van der Waals surface area contributed by atoms with Crippen LogP contribution in [0.1, 0.15) is 49.4 Å². The van der Waals surface area contributed by atoms with Crippen molar-refractivity contribution < 1.29 is 0 Å². The van der Waals surface area contributed by atoms with Crippen LogP contribution in [0.5, 0.6) is 0 Å². The van der Waals surface area contributed by atoms with E-state index >= 15 is 0 Å². The summed E-state index contributed by atoms with van der Waals surface area (Å²) in [6.07, 6.45) is 2.64. The summed E-state index contributed by atoms with van der Waals surface area (Å²) in [5.74, 6) is 0.787. The van der Waals surface area contributed by atoms with Crippen molar-refractivity contribution in [2.75, 3.05) is 13.1 Å². The molecule has 2 N–H and O–H groups in total. The van der Waals surface area contributed by atoms with Crippen molar-refractivity contribution in [2.45, 2.75) is 52.6 Å². The molecule has 0 amide bonds. The maximum Gasteiger partial charge on any atom is 0.0476 e. The van der Waals surface area contributed by atoms with Gasteiger partial charge in [0.15, 0.2) is 0 Å². The van der Waals surface area contributed by atoms with Gasteiger partial charge >= 0.3 is 0 Å². The highest BCUT2D eigenvalue weighted by Crippen LogP contribution is 2.32. The van der Waals surface area contributed by atoms with Crippen LogP contribution in [0.25, 0.3) is 0 Å².